The maximum absolute atomic E-state index is 12.0. The first-order chi connectivity index (χ1) is 8.40. The molecule has 104 valence electrons. The number of aromatic nitrogens is 1. The van der Waals surface area contributed by atoms with E-state index in [0.29, 0.717) is 19.6 Å². The van der Waals surface area contributed by atoms with Crippen molar-refractivity contribution in [1.29, 1.82) is 0 Å². The molecular weight excluding hydrogens is 252 g/mol. The first-order valence-electron chi connectivity index (χ1n) is 5.94. The van der Waals surface area contributed by atoms with Crippen molar-refractivity contribution < 1.29 is 8.42 Å². The molecule has 0 radical (unpaired) electrons. The van der Waals surface area contributed by atoms with Gasteiger partial charge in [0.2, 0.25) is 10.0 Å². The van der Waals surface area contributed by atoms with Crippen LogP contribution >= 0.6 is 0 Å². The van der Waals surface area contributed by atoms with Crippen LogP contribution in [0.3, 0.4) is 0 Å². The first-order valence-corrected chi connectivity index (χ1v) is 7.42. The maximum atomic E-state index is 12.0. The minimum atomic E-state index is -3.43. The highest BCUT2D eigenvalue weighted by molar-refractivity contribution is 7.89. The molecule has 3 N–H and O–H groups in total. The molecule has 0 aliphatic rings. The molecule has 1 rings (SSSR count). The van der Waals surface area contributed by atoms with Crippen LogP contribution in [0.25, 0.3) is 0 Å². The molecule has 0 bridgehead atoms. The third-order valence-electron chi connectivity index (χ3n) is 2.93. The third kappa shape index (κ3) is 3.81. The Morgan fingerprint density at radius 1 is 1.50 bits per heavy atom. The Labute approximate surface area is 109 Å². The van der Waals surface area contributed by atoms with Crippen LogP contribution in [-0.2, 0) is 23.6 Å². The van der Waals surface area contributed by atoms with Crippen LogP contribution in [-0.4, -0.2) is 44.6 Å². The molecule has 1 aromatic rings. The Morgan fingerprint density at radius 2 is 2.17 bits per heavy atom. The molecule has 0 aliphatic carbocycles. The molecular formula is C11H22N4O2S. The normalized spacial score (nSPS) is 12.3. The van der Waals surface area contributed by atoms with E-state index < -0.39 is 10.0 Å². The van der Waals surface area contributed by atoms with Gasteiger partial charge in [0, 0.05) is 38.6 Å². The summed E-state index contributed by atoms with van der Waals surface area (Å²) in [6.45, 7) is 4.33. The summed E-state index contributed by atoms with van der Waals surface area (Å²) in [7, 11) is 0.303. The van der Waals surface area contributed by atoms with E-state index in [1.807, 2.05) is 18.9 Å². The largest absolute Gasteiger partial charge is 0.352 e. The average Bonchev–Trinajstić information content (AvgIpc) is 2.70. The zero-order valence-electron chi connectivity index (χ0n) is 11.2. The lowest BCUT2D eigenvalue weighted by Crippen LogP contribution is -2.32. The van der Waals surface area contributed by atoms with Crippen LogP contribution in [0.1, 0.15) is 12.6 Å². The molecule has 7 heteroatoms. The summed E-state index contributed by atoms with van der Waals surface area (Å²) in [5, 5.41) is 0. The number of aryl methyl sites for hydroxylation is 1. The van der Waals surface area contributed by atoms with E-state index in [1.165, 1.54) is 0 Å². The Kier molecular flexibility index (Phi) is 5.33. The van der Waals surface area contributed by atoms with E-state index in [0.717, 1.165) is 12.2 Å². The van der Waals surface area contributed by atoms with Crippen molar-refractivity contribution in [3.05, 3.63) is 18.0 Å². The number of hydrogen-bond acceptors (Lipinski definition) is 4. The lowest BCUT2D eigenvalue weighted by atomic mass is 10.4. The first kappa shape index (κ1) is 15.2. The summed E-state index contributed by atoms with van der Waals surface area (Å²) in [6, 6.07) is 1.60. The van der Waals surface area contributed by atoms with Gasteiger partial charge in [0.15, 0.2) is 0 Å². The zero-order chi connectivity index (χ0) is 13.8. The molecule has 0 aromatic carbocycles. The van der Waals surface area contributed by atoms with E-state index in [1.54, 1.807) is 23.9 Å². The van der Waals surface area contributed by atoms with E-state index in [9.17, 15) is 8.42 Å². The molecule has 18 heavy (non-hydrogen) atoms. The van der Waals surface area contributed by atoms with Gasteiger partial charge in [-0.2, -0.15) is 0 Å². The average molecular weight is 274 g/mol. The van der Waals surface area contributed by atoms with Crippen molar-refractivity contribution in [2.45, 2.75) is 18.4 Å². The van der Waals surface area contributed by atoms with Gasteiger partial charge in [-0.3, -0.25) is 0 Å². The molecule has 1 heterocycles. The lowest BCUT2D eigenvalue weighted by molar-refractivity contribution is 0.358. The van der Waals surface area contributed by atoms with Crippen molar-refractivity contribution in [2.75, 3.05) is 26.7 Å². The molecule has 0 saturated heterocycles. The predicted octanol–water partition coefficient (Wildman–Crippen LogP) is -0.286. The minimum absolute atomic E-state index is 0.268. The third-order valence-corrected chi connectivity index (χ3v) is 4.36. The second-order valence-electron chi connectivity index (χ2n) is 4.28. The second kappa shape index (κ2) is 6.33. The van der Waals surface area contributed by atoms with Gasteiger partial charge in [-0.25, -0.2) is 13.1 Å². The van der Waals surface area contributed by atoms with Crippen LogP contribution in [0.5, 0.6) is 0 Å². The number of rotatable bonds is 7. The van der Waals surface area contributed by atoms with Gasteiger partial charge in [0.1, 0.15) is 0 Å². The maximum Gasteiger partial charge on any atom is 0.242 e. The number of hydrogen-bond donors (Lipinski definition) is 2. The Morgan fingerprint density at radius 3 is 2.67 bits per heavy atom. The Bertz CT molecular complexity index is 481. The lowest BCUT2D eigenvalue weighted by Gasteiger charge is -2.13. The van der Waals surface area contributed by atoms with Gasteiger partial charge in [0.25, 0.3) is 0 Å². The second-order valence-corrected chi connectivity index (χ2v) is 6.04. The summed E-state index contributed by atoms with van der Waals surface area (Å²) in [5.74, 6) is 0. The smallest absolute Gasteiger partial charge is 0.242 e. The topological polar surface area (TPSA) is 80.4 Å². The van der Waals surface area contributed by atoms with E-state index >= 15 is 0 Å². The van der Waals surface area contributed by atoms with Gasteiger partial charge < -0.3 is 15.2 Å². The standard InChI is InChI=1S/C11H22N4O2S/c1-4-14(2)6-5-13-18(16,17)11-7-10(8-12)15(3)9-11/h7,9,13H,4-6,8,12H2,1-3H3. The van der Waals surface area contributed by atoms with Crippen LogP contribution in [0, 0.1) is 0 Å². The fourth-order valence-electron chi connectivity index (χ4n) is 1.54. The number of nitrogens with zero attached hydrogens (tertiary/aromatic N) is 2. The SMILES string of the molecule is CCN(C)CCNS(=O)(=O)c1cc(CN)n(C)c1. The summed E-state index contributed by atoms with van der Waals surface area (Å²) < 4.78 is 28.3. The molecule has 0 unspecified atom stereocenters. The summed E-state index contributed by atoms with van der Waals surface area (Å²) in [6.07, 6.45) is 1.58. The highest BCUT2D eigenvalue weighted by Crippen LogP contribution is 2.12. The highest BCUT2D eigenvalue weighted by atomic mass is 32.2. The van der Waals surface area contributed by atoms with Gasteiger partial charge in [-0.15, -0.1) is 0 Å². The monoisotopic (exact) mass is 274 g/mol. The molecule has 0 amide bonds. The van der Waals surface area contributed by atoms with Gasteiger partial charge in [-0.1, -0.05) is 6.92 Å². The number of nitrogens with two attached hydrogens (primary N) is 1. The van der Waals surface area contributed by atoms with Crippen molar-refractivity contribution in [3.63, 3.8) is 0 Å². The molecule has 6 nitrogen and oxygen atoms in total. The Hall–Kier alpha value is -0.890. The highest BCUT2D eigenvalue weighted by Gasteiger charge is 2.16. The number of sulfonamides is 1. The van der Waals surface area contributed by atoms with Crippen molar-refractivity contribution in [1.82, 2.24) is 14.2 Å². The van der Waals surface area contributed by atoms with Crippen LogP contribution < -0.4 is 10.5 Å². The van der Waals surface area contributed by atoms with E-state index in [2.05, 4.69) is 4.72 Å². The van der Waals surface area contributed by atoms with Crippen molar-refractivity contribution in [3.8, 4) is 0 Å². The van der Waals surface area contributed by atoms with Crippen molar-refractivity contribution >= 4 is 10.0 Å². The molecule has 0 aliphatic heterocycles. The van der Waals surface area contributed by atoms with Gasteiger partial charge >= 0.3 is 0 Å². The summed E-state index contributed by atoms with van der Waals surface area (Å²) >= 11 is 0. The molecule has 0 atom stereocenters. The van der Waals surface area contributed by atoms with E-state index in [4.69, 9.17) is 5.73 Å². The van der Waals surface area contributed by atoms with Crippen molar-refractivity contribution in [2.24, 2.45) is 12.8 Å². The van der Waals surface area contributed by atoms with Crippen LogP contribution in [0.2, 0.25) is 0 Å². The Balaban J connectivity index is 2.68. The van der Waals surface area contributed by atoms with E-state index in [-0.39, 0.29) is 4.90 Å². The fraction of sp³-hybridized carbons (Fsp3) is 0.636. The number of likely N-dealkylation sites (N-methyl/N-ethyl adjacent to an activating group) is 1. The molecule has 0 spiro atoms. The summed E-state index contributed by atoms with van der Waals surface area (Å²) in [5.41, 5.74) is 6.32. The minimum Gasteiger partial charge on any atom is -0.352 e. The van der Waals surface area contributed by atoms with Gasteiger partial charge in [-0.05, 0) is 19.7 Å². The van der Waals surface area contributed by atoms with Gasteiger partial charge in [0.05, 0.1) is 4.90 Å². The van der Waals surface area contributed by atoms with Crippen LogP contribution in [0.4, 0.5) is 0 Å². The summed E-state index contributed by atoms with van der Waals surface area (Å²) in [4.78, 5) is 2.31. The molecule has 0 fully saturated rings. The zero-order valence-corrected chi connectivity index (χ0v) is 12.0. The fourth-order valence-corrected chi connectivity index (χ4v) is 2.65. The quantitative estimate of drug-likeness (QED) is 0.716. The van der Waals surface area contributed by atoms with Crippen LogP contribution in [0.15, 0.2) is 17.2 Å². The molecule has 1 aromatic heterocycles. The predicted molar refractivity (Wildman–Crippen MR) is 71.7 cm³/mol. The number of nitrogens with one attached hydrogen (secondary N) is 1. The molecule has 0 saturated carbocycles.